The van der Waals surface area contributed by atoms with Gasteiger partial charge in [0.1, 0.15) is 0 Å². The molecule has 1 aliphatic rings. The van der Waals surface area contributed by atoms with E-state index in [0.29, 0.717) is 6.61 Å². The third-order valence-electron chi connectivity index (χ3n) is 1.08. The van der Waals surface area contributed by atoms with Crippen LogP contribution in [0.1, 0.15) is 6.42 Å². The van der Waals surface area contributed by atoms with Crippen LogP contribution in [0.2, 0.25) is 0 Å². The highest BCUT2D eigenvalue weighted by Gasteiger charge is 2.18. The van der Waals surface area contributed by atoms with E-state index in [1.165, 1.54) is 0 Å². The zero-order chi connectivity index (χ0) is 6.69. The van der Waals surface area contributed by atoms with Crippen molar-refractivity contribution < 1.29 is 9.05 Å². The zero-order valence-corrected chi connectivity index (χ0v) is 6.57. The average molecular weight is 167 g/mol. The van der Waals surface area contributed by atoms with Crippen molar-refractivity contribution in [2.45, 2.75) is 12.5 Å². The second kappa shape index (κ2) is 3.52. The molecule has 0 bridgehead atoms. The molecule has 0 N–H and O–H groups in total. The van der Waals surface area contributed by atoms with Crippen molar-refractivity contribution in [3.63, 3.8) is 0 Å². The summed E-state index contributed by atoms with van der Waals surface area (Å²) in [5.41, 5.74) is 0. The molecule has 2 atom stereocenters. The minimum Gasteiger partial charge on any atom is -0.322 e. The molecule has 9 heavy (non-hydrogen) atoms. The van der Waals surface area contributed by atoms with Crippen molar-refractivity contribution in [1.82, 2.24) is 0 Å². The van der Waals surface area contributed by atoms with Gasteiger partial charge in [0.05, 0.1) is 12.7 Å². The highest BCUT2D eigenvalue weighted by molar-refractivity contribution is 7.76. The lowest BCUT2D eigenvalue weighted by Gasteiger charge is -2.22. The SMILES string of the molecule is C=CC1CCOP(Cl)O1. The zero-order valence-electron chi connectivity index (χ0n) is 4.92. The van der Waals surface area contributed by atoms with Crippen molar-refractivity contribution in [2.75, 3.05) is 6.61 Å². The predicted molar refractivity (Wildman–Crippen MR) is 38.4 cm³/mol. The van der Waals surface area contributed by atoms with Crippen LogP contribution in [0.5, 0.6) is 0 Å². The summed E-state index contributed by atoms with van der Waals surface area (Å²) in [7, 11) is -1.14. The van der Waals surface area contributed by atoms with Crippen LogP contribution in [0.3, 0.4) is 0 Å². The van der Waals surface area contributed by atoms with E-state index in [1.807, 2.05) is 0 Å². The van der Waals surface area contributed by atoms with Crippen LogP contribution in [-0.4, -0.2) is 12.7 Å². The standard InChI is InChI=1S/C5H8ClO2P/c1-2-5-3-4-7-9(6)8-5/h2,5H,1,3-4H2. The van der Waals surface area contributed by atoms with E-state index in [1.54, 1.807) is 6.08 Å². The maximum Gasteiger partial charge on any atom is 0.277 e. The highest BCUT2D eigenvalue weighted by Crippen LogP contribution is 2.48. The molecule has 0 aromatic heterocycles. The number of halogens is 1. The summed E-state index contributed by atoms with van der Waals surface area (Å²) in [6, 6.07) is 0. The first-order valence-corrected chi connectivity index (χ1v) is 4.79. The summed E-state index contributed by atoms with van der Waals surface area (Å²) in [5.74, 6) is 0. The molecule has 1 fully saturated rings. The fraction of sp³-hybridized carbons (Fsp3) is 0.600. The van der Waals surface area contributed by atoms with Crippen LogP contribution in [0.4, 0.5) is 0 Å². The lowest BCUT2D eigenvalue weighted by molar-refractivity contribution is 0.147. The van der Waals surface area contributed by atoms with Crippen LogP contribution in [-0.2, 0) is 9.05 Å². The second-order valence-corrected chi connectivity index (χ2v) is 3.44. The summed E-state index contributed by atoms with van der Waals surface area (Å²) >= 11 is 5.56. The molecule has 52 valence electrons. The second-order valence-electron chi connectivity index (χ2n) is 1.71. The van der Waals surface area contributed by atoms with Gasteiger partial charge in [0, 0.05) is 6.42 Å². The van der Waals surface area contributed by atoms with Crippen LogP contribution in [0.15, 0.2) is 12.7 Å². The fourth-order valence-electron chi connectivity index (χ4n) is 0.591. The summed E-state index contributed by atoms with van der Waals surface area (Å²) in [5, 5.41) is 0. The minimum atomic E-state index is -1.14. The van der Waals surface area contributed by atoms with E-state index in [0.717, 1.165) is 6.42 Å². The molecule has 0 saturated carbocycles. The Labute approximate surface area is 60.5 Å². The molecule has 1 saturated heterocycles. The Morgan fingerprint density at radius 2 is 2.56 bits per heavy atom. The third-order valence-corrected chi connectivity index (χ3v) is 2.43. The number of rotatable bonds is 1. The van der Waals surface area contributed by atoms with Gasteiger partial charge in [0.2, 0.25) is 0 Å². The van der Waals surface area contributed by atoms with Crippen LogP contribution >= 0.6 is 19.0 Å². The molecular weight excluding hydrogens is 158 g/mol. The Bertz CT molecular complexity index is 109. The number of hydrogen-bond acceptors (Lipinski definition) is 2. The molecule has 0 radical (unpaired) electrons. The molecule has 0 amide bonds. The van der Waals surface area contributed by atoms with E-state index in [9.17, 15) is 0 Å². The van der Waals surface area contributed by atoms with Crippen LogP contribution in [0.25, 0.3) is 0 Å². The topological polar surface area (TPSA) is 18.5 Å². The van der Waals surface area contributed by atoms with Crippen LogP contribution < -0.4 is 0 Å². The van der Waals surface area contributed by atoms with Gasteiger partial charge >= 0.3 is 0 Å². The predicted octanol–water partition coefficient (Wildman–Crippen LogP) is 2.44. The van der Waals surface area contributed by atoms with Gasteiger partial charge in [-0.05, 0) is 11.2 Å². The van der Waals surface area contributed by atoms with Gasteiger partial charge in [-0.15, -0.1) is 6.58 Å². The Balaban J connectivity index is 2.31. The summed E-state index contributed by atoms with van der Waals surface area (Å²) in [6.07, 6.45) is 2.72. The monoisotopic (exact) mass is 166 g/mol. The fourth-order valence-corrected chi connectivity index (χ4v) is 1.82. The molecule has 0 aliphatic carbocycles. The highest BCUT2D eigenvalue weighted by atomic mass is 35.7. The molecule has 0 spiro atoms. The van der Waals surface area contributed by atoms with Crippen molar-refractivity contribution >= 4 is 19.0 Å². The average Bonchev–Trinajstić information content (AvgIpc) is 1.88. The van der Waals surface area contributed by atoms with Crippen molar-refractivity contribution in [3.05, 3.63) is 12.7 Å². The normalized spacial score (nSPS) is 36.1. The maximum absolute atomic E-state index is 5.56. The Kier molecular flexibility index (Phi) is 2.93. The van der Waals surface area contributed by atoms with E-state index >= 15 is 0 Å². The summed E-state index contributed by atoms with van der Waals surface area (Å²) in [6.45, 7) is 4.28. The molecule has 0 aromatic carbocycles. The molecular formula is C5H8ClO2P. The van der Waals surface area contributed by atoms with E-state index in [4.69, 9.17) is 20.3 Å². The molecule has 0 aromatic rings. The lowest BCUT2D eigenvalue weighted by atomic mass is 10.3. The molecule has 4 heteroatoms. The number of hydrogen-bond donors (Lipinski definition) is 0. The van der Waals surface area contributed by atoms with Crippen molar-refractivity contribution in [1.29, 1.82) is 0 Å². The molecule has 1 heterocycles. The molecule has 1 aliphatic heterocycles. The van der Waals surface area contributed by atoms with Crippen molar-refractivity contribution in [3.8, 4) is 0 Å². The maximum atomic E-state index is 5.56. The van der Waals surface area contributed by atoms with Gasteiger partial charge in [0.25, 0.3) is 7.73 Å². The van der Waals surface area contributed by atoms with Gasteiger partial charge in [0.15, 0.2) is 0 Å². The molecule has 2 unspecified atom stereocenters. The third kappa shape index (κ3) is 2.23. The van der Waals surface area contributed by atoms with Crippen LogP contribution in [0, 0.1) is 0 Å². The van der Waals surface area contributed by atoms with Gasteiger partial charge in [-0.1, -0.05) is 6.08 Å². The Hall–Kier alpha value is 0.380. The van der Waals surface area contributed by atoms with Gasteiger partial charge in [-0.2, -0.15) is 0 Å². The van der Waals surface area contributed by atoms with E-state index < -0.39 is 7.73 Å². The van der Waals surface area contributed by atoms with Gasteiger partial charge in [-0.3, -0.25) is 0 Å². The Morgan fingerprint density at radius 3 is 3.00 bits per heavy atom. The van der Waals surface area contributed by atoms with Crippen molar-refractivity contribution in [2.24, 2.45) is 0 Å². The van der Waals surface area contributed by atoms with E-state index in [-0.39, 0.29) is 6.10 Å². The first-order valence-electron chi connectivity index (χ1n) is 2.71. The van der Waals surface area contributed by atoms with Gasteiger partial charge < -0.3 is 9.05 Å². The summed E-state index contributed by atoms with van der Waals surface area (Å²) in [4.78, 5) is 0. The minimum absolute atomic E-state index is 0.0994. The summed E-state index contributed by atoms with van der Waals surface area (Å²) < 4.78 is 10.1. The molecule has 1 rings (SSSR count). The quantitative estimate of drug-likeness (QED) is 0.440. The Morgan fingerprint density at radius 1 is 1.78 bits per heavy atom. The first-order chi connectivity index (χ1) is 4.33. The lowest BCUT2D eigenvalue weighted by Crippen LogP contribution is -2.13. The van der Waals surface area contributed by atoms with E-state index in [2.05, 4.69) is 6.58 Å². The molecule has 2 nitrogen and oxygen atoms in total. The first kappa shape index (κ1) is 7.49. The smallest absolute Gasteiger partial charge is 0.277 e. The largest absolute Gasteiger partial charge is 0.322 e. The van der Waals surface area contributed by atoms with Gasteiger partial charge in [-0.25, -0.2) is 0 Å².